The molecule has 1 amide bonds. The Kier molecular flexibility index (Phi) is 6.35. The van der Waals surface area contributed by atoms with Gasteiger partial charge in [-0.05, 0) is 30.2 Å². The third-order valence-corrected chi connectivity index (χ3v) is 5.58. The van der Waals surface area contributed by atoms with Crippen LogP contribution in [0.15, 0.2) is 42.5 Å². The van der Waals surface area contributed by atoms with Crippen LogP contribution in [0.2, 0.25) is 5.02 Å². The summed E-state index contributed by atoms with van der Waals surface area (Å²) in [6.45, 7) is 2.44. The van der Waals surface area contributed by atoms with Gasteiger partial charge in [0.25, 0.3) is 5.91 Å². The summed E-state index contributed by atoms with van der Waals surface area (Å²) in [6.07, 6.45) is 3.69. The first-order chi connectivity index (χ1) is 13.5. The van der Waals surface area contributed by atoms with Crippen molar-refractivity contribution in [2.45, 2.75) is 44.6 Å². The highest BCUT2D eigenvalue weighted by molar-refractivity contribution is 6.31. The molecule has 2 unspecified atom stereocenters. The molecule has 28 heavy (non-hydrogen) atoms. The molecule has 2 aromatic carbocycles. The number of benzene rings is 2. The fourth-order valence-corrected chi connectivity index (χ4v) is 4.20. The summed E-state index contributed by atoms with van der Waals surface area (Å²) in [4.78, 5) is 27.0. The summed E-state index contributed by atoms with van der Waals surface area (Å²) in [6, 6.07) is 9.92. The SMILES string of the molecule is CCCCCCN1C(=O)c2ccccc2C(C(=O)O)C1c1c(F)cccc1Cl. The Hall–Kier alpha value is -2.40. The number of unbranched alkanes of at least 4 members (excludes halogenated alkanes) is 3. The summed E-state index contributed by atoms with van der Waals surface area (Å²) in [5, 5.41) is 10.1. The molecule has 2 atom stereocenters. The van der Waals surface area contributed by atoms with Gasteiger partial charge in [-0.2, -0.15) is 0 Å². The molecule has 2 aromatic rings. The molecule has 0 aromatic heterocycles. The van der Waals surface area contributed by atoms with Crippen LogP contribution in [-0.4, -0.2) is 28.4 Å². The average Bonchev–Trinajstić information content (AvgIpc) is 2.66. The van der Waals surface area contributed by atoms with Crippen LogP contribution >= 0.6 is 11.6 Å². The molecule has 3 rings (SSSR count). The second-order valence-electron chi connectivity index (χ2n) is 7.04. The van der Waals surface area contributed by atoms with Crippen molar-refractivity contribution in [1.29, 1.82) is 0 Å². The molecule has 1 aliphatic rings. The molecule has 4 nitrogen and oxygen atoms in total. The number of nitrogens with zero attached hydrogens (tertiary/aromatic N) is 1. The Morgan fingerprint density at radius 2 is 1.89 bits per heavy atom. The zero-order valence-electron chi connectivity index (χ0n) is 15.7. The van der Waals surface area contributed by atoms with Gasteiger partial charge in [0.15, 0.2) is 0 Å². The van der Waals surface area contributed by atoms with Gasteiger partial charge in [-0.3, -0.25) is 9.59 Å². The van der Waals surface area contributed by atoms with Crippen LogP contribution in [0.25, 0.3) is 0 Å². The van der Waals surface area contributed by atoms with E-state index in [-0.39, 0.29) is 16.5 Å². The summed E-state index contributed by atoms with van der Waals surface area (Å²) >= 11 is 6.29. The summed E-state index contributed by atoms with van der Waals surface area (Å²) in [7, 11) is 0. The number of rotatable bonds is 7. The van der Waals surface area contributed by atoms with Crippen molar-refractivity contribution in [2.24, 2.45) is 0 Å². The first-order valence-corrected chi connectivity index (χ1v) is 9.91. The smallest absolute Gasteiger partial charge is 0.313 e. The second-order valence-corrected chi connectivity index (χ2v) is 7.45. The van der Waals surface area contributed by atoms with E-state index in [2.05, 4.69) is 6.92 Å². The zero-order valence-corrected chi connectivity index (χ0v) is 16.5. The van der Waals surface area contributed by atoms with Gasteiger partial charge >= 0.3 is 5.97 Å². The number of hydrogen-bond acceptors (Lipinski definition) is 2. The van der Waals surface area contributed by atoms with E-state index in [1.54, 1.807) is 24.3 Å². The van der Waals surface area contributed by atoms with Gasteiger partial charge in [-0.15, -0.1) is 0 Å². The second kappa shape index (κ2) is 8.74. The molecule has 0 saturated heterocycles. The Balaban J connectivity index is 2.14. The lowest BCUT2D eigenvalue weighted by Crippen LogP contribution is -2.45. The minimum atomic E-state index is -1.11. The van der Waals surface area contributed by atoms with Crippen LogP contribution in [0.4, 0.5) is 4.39 Å². The lowest BCUT2D eigenvalue weighted by Gasteiger charge is -2.41. The van der Waals surface area contributed by atoms with E-state index in [0.29, 0.717) is 17.7 Å². The number of carbonyl (C=O) groups excluding carboxylic acids is 1. The van der Waals surface area contributed by atoms with Gasteiger partial charge in [0.2, 0.25) is 0 Å². The molecule has 148 valence electrons. The number of carboxylic acid groups (broad SMARTS) is 1. The maximum absolute atomic E-state index is 14.8. The van der Waals surface area contributed by atoms with Crippen molar-refractivity contribution >= 4 is 23.5 Å². The Bertz CT molecular complexity index is 866. The van der Waals surface area contributed by atoms with Crippen molar-refractivity contribution in [1.82, 2.24) is 4.90 Å². The summed E-state index contributed by atoms with van der Waals surface area (Å²) in [5.74, 6) is -3.08. The van der Waals surface area contributed by atoms with Crippen molar-refractivity contribution in [3.63, 3.8) is 0 Å². The van der Waals surface area contributed by atoms with Crippen molar-refractivity contribution < 1.29 is 19.1 Å². The largest absolute Gasteiger partial charge is 0.481 e. The number of halogens is 2. The van der Waals surface area contributed by atoms with Crippen LogP contribution in [0, 0.1) is 5.82 Å². The van der Waals surface area contributed by atoms with E-state index < -0.39 is 23.7 Å². The normalized spacial score (nSPS) is 18.8. The monoisotopic (exact) mass is 403 g/mol. The first-order valence-electron chi connectivity index (χ1n) is 9.54. The molecule has 0 aliphatic carbocycles. The van der Waals surface area contributed by atoms with E-state index in [0.717, 1.165) is 25.7 Å². The van der Waals surface area contributed by atoms with E-state index in [1.165, 1.54) is 23.1 Å². The van der Waals surface area contributed by atoms with Crippen LogP contribution in [0.5, 0.6) is 0 Å². The van der Waals surface area contributed by atoms with Crippen LogP contribution in [0.3, 0.4) is 0 Å². The molecule has 0 bridgehead atoms. The van der Waals surface area contributed by atoms with Crippen molar-refractivity contribution in [2.75, 3.05) is 6.54 Å². The van der Waals surface area contributed by atoms with Gasteiger partial charge in [0, 0.05) is 22.7 Å². The van der Waals surface area contributed by atoms with E-state index >= 15 is 0 Å². The van der Waals surface area contributed by atoms with E-state index in [9.17, 15) is 19.1 Å². The van der Waals surface area contributed by atoms with Crippen LogP contribution in [-0.2, 0) is 4.79 Å². The van der Waals surface area contributed by atoms with Gasteiger partial charge in [0.05, 0.1) is 6.04 Å². The molecule has 1 heterocycles. The minimum absolute atomic E-state index is 0.0647. The number of fused-ring (bicyclic) bond motifs is 1. The standard InChI is InChI=1S/C22H23ClFNO3/c1-2-3-4-7-13-25-20(19-16(23)11-8-12-17(19)24)18(22(27)28)14-9-5-6-10-15(14)21(25)26/h5-6,8-12,18,20H,2-4,7,13H2,1H3,(H,27,28). The average molecular weight is 404 g/mol. The maximum Gasteiger partial charge on any atom is 0.313 e. The summed E-state index contributed by atoms with van der Waals surface area (Å²) in [5.41, 5.74) is 0.818. The summed E-state index contributed by atoms with van der Waals surface area (Å²) < 4.78 is 14.8. The Morgan fingerprint density at radius 1 is 1.14 bits per heavy atom. The number of aliphatic carboxylic acids is 1. The zero-order chi connectivity index (χ0) is 20.3. The lowest BCUT2D eigenvalue weighted by atomic mass is 9.79. The molecular weight excluding hydrogens is 381 g/mol. The molecule has 0 radical (unpaired) electrons. The van der Waals surface area contributed by atoms with Crippen LogP contribution < -0.4 is 0 Å². The number of amides is 1. The molecule has 6 heteroatoms. The predicted octanol–water partition coefficient (Wildman–Crippen LogP) is 5.42. The Morgan fingerprint density at radius 3 is 2.57 bits per heavy atom. The van der Waals surface area contributed by atoms with Gasteiger partial charge in [-0.25, -0.2) is 4.39 Å². The van der Waals surface area contributed by atoms with Gasteiger partial charge < -0.3 is 10.0 Å². The third kappa shape index (κ3) is 3.76. The number of carbonyl (C=O) groups is 2. The topological polar surface area (TPSA) is 57.6 Å². The minimum Gasteiger partial charge on any atom is -0.481 e. The maximum atomic E-state index is 14.8. The van der Waals surface area contributed by atoms with Gasteiger partial charge in [-0.1, -0.05) is 62.1 Å². The Labute approximate surface area is 168 Å². The highest BCUT2D eigenvalue weighted by Gasteiger charge is 2.45. The molecule has 0 spiro atoms. The van der Waals surface area contributed by atoms with Crippen molar-refractivity contribution in [3.05, 3.63) is 70.0 Å². The number of hydrogen-bond donors (Lipinski definition) is 1. The molecule has 0 fully saturated rings. The van der Waals surface area contributed by atoms with Gasteiger partial charge in [0.1, 0.15) is 11.7 Å². The predicted molar refractivity (Wildman–Crippen MR) is 106 cm³/mol. The van der Waals surface area contributed by atoms with E-state index in [4.69, 9.17) is 11.6 Å². The number of carboxylic acids is 1. The molecular formula is C22H23ClFNO3. The van der Waals surface area contributed by atoms with Crippen LogP contribution in [0.1, 0.15) is 66.1 Å². The molecule has 0 saturated carbocycles. The van der Waals surface area contributed by atoms with Crippen molar-refractivity contribution in [3.8, 4) is 0 Å². The lowest BCUT2D eigenvalue weighted by molar-refractivity contribution is -0.140. The quantitative estimate of drug-likeness (QED) is 0.627. The third-order valence-electron chi connectivity index (χ3n) is 5.25. The molecule has 1 aliphatic heterocycles. The highest BCUT2D eigenvalue weighted by Crippen LogP contribution is 2.45. The highest BCUT2D eigenvalue weighted by atomic mass is 35.5. The first kappa shape index (κ1) is 20.3. The molecule has 1 N–H and O–H groups in total. The van der Waals surface area contributed by atoms with E-state index in [1.807, 2.05) is 0 Å². The fraction of sp³-hybridized carbons (Fsp3) is 0.364. The fourth-order valence-electron chi connectivity index (χ4n) is 3.93.